The zero-order valence-corrected chi connectivity index (χ0v) is 13.9. The normalized spacial score (nSPS) is 11.2. The topological polar surface area (TPSA) is 73.6 Å². The van der Waals surface area contributed by atoms with Gasteiger partial charge in [-0.3, -0.25) is 4.79 Å². The summed E-state index contributed by atoms with van der Waals surface area (Å²) in [5.41, 5.74) is 2.49. The lowest BCUT2D eigenvalue weighted by Gasteiger charge is -2.03. The van der Waals surface area contributed by atoms with Crippen LogP contribution in [-0.2, 0) is 0 Å². The molecular formula is C14H10BrN5OS. The van der Waals surface area contributed by atoms with Crippen molar-refractivity contribution >= 4 is 39.3 Å². The fourth-order valence-electron chi connectivity index (χ4n) is 1.89. The van der Waals surface area contributed by atoms with Gasteiger partial charge < -0.3 is 0 Å². The predicted molar refractivity (Wildman–Crippen MR) is 87.1 cm³/mol. The molecule has 1 aromatic carbocycles. The van der Waals surface area contributed by atoms with Gasteiger partial charge >= 0.3 is 0 Å². The van der Waals surface area contributed by atoms with Gasteiger partial charge in [-0.05, 0) is 48.8 Å². The number of halogens is 1. The maximum absolute atomic E-state index is 12.2. The molecule has 2 aromatic heterocycles. The largest absolute Gasteiger partial charge is 0.287 e. The van der Waals surface area contributed by atoms with Gasteiger partial charge in [-0.2, -0.15) is 0 Å². The van der Waals surface area contributed by atoms with E-state index >= 15 is 0 Å². The van der Waals surface area contributed by atoms with E-state index in [2.05, 4.69) is 35.8 Å². The van der Waals surface area contributed by atoms with Crippen LogP contribution in [0.2, 0.25) is 0 Å². The molecule has 0 unspecified atom stereocenters. The molecule has 0 saturated carbocycles. The van der Waals surface area contributed by atoms with Crippen LogP contribution in [-0.4, -0.2) is 30.4 Å². The van der Waals surface area contributed by atoms with Crippen LogP contribution in [0.1, 0.15) is 21.9 Å². The molecule has 0 amide bonds. The van der Waals surface area contributed by atoms with E-state index in [1.807, 2.05) is 31.2 Å². The van der Waals surface area contributed by atoms with Gasteiger partial charge in [0.05, 0.1) is 17.1 Å². The summed E-state index contributed by atoms with van der Waals surface area (Å²) in [5, 5.41) is 13.7. The van der Waals surface area contributed by atoms with Crippen LogP contribution < -0.4 is 0 Å². The number of nitrogens with zero attached hydrogens (tertiary/aromatic N) is 5. The quantitative estimate of drug-likeness (QED) is 0.517. The summed E-state index contributed by atoms with van der Waals surface area (Å²) in [5.74, 6) is -0.216. The maximum Gasteiger partial charge on any atom is 0.208 e. The molecule has 6 nitrogen and oxygen atoms in total. The van der Waals surface area contributed by atoms with Crippen LogP contribution in [0.15, 0.2) is 40.2 Å². The van der Waals surface area contributed by atoms with Crippen LogP contribution in [0.3, 0.4) is 0 Å². The lowest BCUT2D eigenvalue weighted by Crippen LogP contribution is -2.01. The van der Waals surface area contributed by atoms with Crippen molar-refractivity contribution in [3.8, 4) is 5.69 Å². The molecular weight excluding hydrogens is 366 g/mol. The molecule has 22 heavy (non-hydrogen) atoms. The van der Waals surface area contributed by atoms with Gasteiger partial charge in [-0.1, -0.05) is 31.7 Å². The summed E-state index contributed by atoms with van der Waals surface area (Å²) in [4.78, 5) is 12.2. The molecule has 0 fully saturated rings. The molecule has 0 spiro atoms. The minimum absolute atomic E-state index is 0.216. The first kappa shape index (κ1) is 14.7. The van der Waals surface area contributed by atoms with Crippen molar-refractivity contribution in [3.05, 3.63) is 57.3 Å². The summed E-state index contributed by atoms with van der Waals surface area (Å²) >= 11 is 4.65. The summed E-state index contributed by atoms with van der Waals surface area (Å²) in [6.45, 7) is 1.81. The average Bonchev–Trinajstić information content (AvgIpc) is 3.14. The Morgan fingerprint density at radius 3 is 2.95 bits per heavy atom. The molecule has 0 atom stereocenters. The van der Waals surface area contributed by atoms with E-state index in [9.17, 15) is 4.79 Å². The van der Waals surface area contributed by atoms with Crippen molar-refractivity contribution in [1.82, 2.24) is 24.6 Å². The zero-order chi connectivity index (χ0) is 15.5. The summed E-state index contributed by atoms with van der Waals surface area (Å²) in [6, 6.07) is 7.63. The van der Waals surface area contributed by atoms with Crippen LogP contribution in [0, 0.1) is 6.92 Å². The Balaban J connectivity index is 1.88. The minimum atomic E-state index is -0.216. The molecule has 0 aliphatic carbocycles. The number of carbonyl (C=O) groups is 1. The second-order valence-electron chi connectivity index (χ2n) is 4.44. The van der Waals surface area contributed by atoms with Crippen LogP contribution in [0.4, 0.5) is 0 Å². The van der Waals surface area contributed by atoms with Crippen LogP contribution >= 0.6 is 27.5 Å². The third kappa shape index (κ3) is 3.02. The highest BCUT2D eigenvalue weighted by Gasteiger charge is 2.15. The van der Waals surface area contributed by atoms with E-state index in [1.54, 1.807) is 16.1 Å². The number of allylic oxidation sites excluding steroid dienone is 1. The van der Waals surface area contributed by atoms with Gasteiger partial charge in [0.1, 0.15) is 0 Å². The van der Waals surface area contributed by atoms with Crippen molar-refractivity contribution in [3.63, 3.8) is 0 Å². The maximum atomic E-state index is 12.2. The van der Waals surface area contributed by atoms with Gasteiger partial charge in [0.25, 0.3) is 0 Å². The SMILES string of the molecule is Cc1c(C(=O)/C=C/c2csnn2)nnn1-c1cccc(Br)c1. The summed E-state index contributed by atoms with van der Waals surface area (Å²) in [7, 11) is 0. The van der Waals surface area contributed by atoms with Gasteiger partial charge in [0, 0.05) is 9.85 Å². The molecule has 0 bridgehead atoms. The lowest BCUT2D eigenvalue weighted by atomic mass is 10.2. The Labute approximate surface area is 138 Å². The molecule has 0 aliphatic rings. The number of hydrogen-bond acceptors (Lipinski definition) is 6. The standard InChI is InChI=1S/C14H10BrN5OS/c1-9-14(13(21)6-5-11-8-22-19-16-11)17-18-20(9)12-4-2-3-10(15)7-12/h2-8H,1H3/b6-5+. The van der Waals surface area contributed by atoms with Crippen LogP contribution in [0.25, 0.3) is 11.8 Å². The van der Waals surface area contributed by atoms with Crippen molar-refractivity contribution in [2.75, 3.05) is 0 Å². The second kappa shape index (κ2) is 6.29. The Kier molecular flexibility index (Phi) is 4.21. The second-order valence-corrected chi connectivity index (χ2v) is 5.97. The molecule has 8 heteroatoms. The highest BCUT2D eigenvalue weighted by Crippen LogP contribution is 2.17. The Morgan fingerprint density at radius 2 is 2.23 bits per heavy atom. The van der Waals surface area contributed by atoms with Crippen molar-refractivity contribution in [2.24, 2.45) is 0 Å². The molecule has 0 saturated heterocycles. The van der Waals surface area contributed by atoms with Crippen molar-refractivity contribution < 1.29 is 4.79 Å². The molecule has 0 radical (unpaired) electrons. The molecule has 110 valence electrons. The predicted octanol–water partition coefficient (Wildman–Crippen LogP) is 3.09. The van der Waals surface area contributed by atoms with Gasteiger partial charge in [-0.25, -0.2) is 4.68 Å². The van der Waals surface area contributed by atoms with Gasteiger partial charge in [-0.15, -0.1) is 10.2 Å². The number of rotatable bonds is 4. The molecule has 3 aromatic rings. The Hall–Kier alpha value is -2.19. The van der Waals surface area contributed by atoms with E-state index < -0.39 is 0 Å². The van der Waals surface area contributed by atoms with E-state index in [0.717, 1.165) is 10.2 Å². The van der Waals surface area contributed by atoms with E-state index in [1.165, 1.54) is 17.6 Å². The first-order chi connectivity index (χ1) is 10.6. The minimum Gasteiger partial charge on any atom is -0.287 e. The van der Waals surface area contributed by atoms with Crippen LogP contribution in [0.5, 0.6) is 0 Å². The molecule has 0 aliphatic heterocycles. The number of benzene rings is 1. The third-order valence-electron chi connectivity index (χ3n) is 2.96. The molecule has 2 heterocycles. The molecule has 3 rings (SSSR count). The van der Waals surface area contributed by atoms with E-state index in [4.69, 9.17) is 0 Å². The monoisotopic (exact) mass is 375 g/mol. The number of hydrogen-bond donors (Lipinski definition) is 0. The number of carbonyl (C=O) groups excluding carboxylic acids is 1. The Bertz CT molecular complexity index is 841. The van der Waals surface area contributed by atoms with Crippen molar-refractivity contribution in [1.29, 1.82) is 0 Å². The fourth-order valence-corrected chi connectivity index (χ4v) is 2.70. The van der Waals surface area contributed by atoms with Gasteiger partial charge in [0.15, 0.2) is 5.69 Å². The Morgan fingerprint density at radius 1 is 1.36 bits per heavy atom. The summed E-state index contributed by atoms with van der Waals surface area (Å²) in [6.07, 6.45) is 3.04. The zero-order valence-electron chi connectivity index (χ0n) is 11.5. The van der Waals surface area contributed by atoms with Gasteiger partial charge in [0.2, 0.25) is 5.78 Å². The van der Waals surface area contributed by atoms with E-state index in [-0.39, 0.29) is 5.78 Å². The average molecular weight is 376 g/mol. The first-order valence-electron chi connectivity index (χ1n) is 6.33. The smallest absolute Gasteiger partial charge is 0.208 e. The summed E-state index contributed by atoms with van der Waals surface area (Å²) < 4.78 is 6.30. The number of ketones is 1. The van der Waals surface area contributed by atoms with E-state index in [0.29, 0.717) is 17.1 Å². The first-order valence-corrected chi connectivity index (χ1v) is 7.96. The highest BCUT2D eigenvalue weighted by molar-refractivity contribution is 9.10. The third-order valence-corrected chi connectivity index (χ3v) is 3.98. The highest BCUT2D eigenvalue weighted by atomic mass is 79.9. The molecule has 0 N–H and O–H groups in total. The number of aromatic nitrogens is 5. The van der Waals surface area contributed by atoms with Crippen molar-refractivity contribution in [2.45, 2.75) is 6.92 Å². The lowest BCUT2D eigenvalue weighted by molar-refractivity contribution is 0.104. The fraction of sp³-hybridized carbons (Fsp3) is 0.0714.